The minimum atomic E-state index is -7.90. The van der Waals surface area contributed by atoms with Gasteiger partial charge in [0, 0.05) is 6.61 Å². The Bertz CT molecular complexity index is 828. The number of alkyl halides is 17. The monoisotopic (exact) mass is 700 g/mol. The van der Waals surface area contributed by atoms with Crippen molar-refractivity contribution in [2.75, 3.05) is 13.2 Å². The molecule has 0 aliphatic rings. The second kappa shape index (κ2) is 14.1. The molecule has 0 bridgehead atoms. The zero-order valence-corrected chi connectivity index (χ0v) is 23.4. The van der Waals surface area contributed by atoms with Gasteiger partial charge in [0.15, 0.2) is 7.38 Å². The van der Waals surface area contributed by atoms with Crippen LogP contribution in [0.1, 0.15) is 46.0 Å². The van der Waals surface area contributed by atoms with Gasteiger partial charge in [0.25, 0.3) is 0 Å². The van der Waals surface area contributed by atoms with Gasteiger partial charge in [0.05, 0.1) is 0 Å². The third-order valence-corrected chi connectivity index (χ3v) is 11.1. The van der Waals surface area contributed by atoms with Crippen LogP contribution in [0.25, 0.3) is 0 Å². The average Bonchev–Trinajstić information content (AvgIpc) is 2.78. The summed E-state index contributed by atoms with van der Waals surface area (Å²) in [6, 6.07) is 1.23. The summed E-state index contributed by atoms with van der Waals surface area (Å²) in [5.74, 6) is -21.9. The van der Waals surface area contributed by atoms with Crippen molar-refractivity contribution in [3.63, 3.8) is 0 Å². The minimum absolute atomic E-state index is 0.134. The van der Waals surface area contributed by atoms with Crippen LogP contribution in [0.2, 0.25) is 18.1 Å². The molecule has 3 nitrogen and oxygen atoms in total. The van der Waals surface area contributed by atoms with Crippen LogP contribution in [0.15, 0.2) is 0 Å². The summed E-state index contributed by atoms with van der Waals surface area (Å²) in [6.45, 7) is -0.0264. The molecule has 0 saturated carbocycles. The van der Waals surface area contributed by atoms with Crippen LogP contribution < -0.4 is 0 Å². The smallest absolute Gasteiger partial charge is 0.375 e. The van der Waals surface area contributed by atoms with Crippen molar-refractivity contribution in [1.82, 2.24) is 0 Å². The molecule has 254 valence electrons. The van der Waals surface area contributed by atoms with E-state index < -0.39 is 69.0 Å². The molecule has 0 aliphatic carbocycles. The van der Waals surface area contributed by atoms with Crippen molar-refractivity contribution in [3.05, 3.63) is 0 Å². The molecule has 0 rings (SSSR count). The zero-order chi connectivity index (χ0) is 33.7. The van der Waals surface area contributed by atoms with E-state index in [1.165, 1.54) is 4.74 Å². The molecule has 0 fully saturated rings. The van der Waals surface area contributed by atoms with E-state index in [2.05, 4.69) is 9.47 Å². The van der Waals surface area contributed by atoms with E-state index in [1.54, 1.807) is 0 Å². The van der Waals surface area contributed by atoms with Crippen LogP contribution in [0, 0.1) is 0 Å². The Morgan fingerprint density at radius 2 is 0.976 bits per heavy atom. The molecule has 2 atom stereocenters. The van der Waals surface area contributed by atoms with Crippen molar-refractivity contribution >= 4 is 18.5 Å². The molecule has 0 aromatic heterocycles. The summed E-state index contributed by atoms with van der Waals surface area (Å²) >= 11 is 6.59. The van der Waals surface area contributed by atoms with E-state index in [4.69, 9.17) is 11.1 Å². The van der Waals surface area contributed by atoms with Crippen LogP contribution >= 0.6 is 11.1 Å². The lowest BCUT2D eigenvalue weighted by molar-refractivity contribution is -0.553. The first-order chi connectivity index (χ1) is 18.5. The van der Waals surface area contributed by atoms with Gasteiger partial charge in [0.2, 0.25) is 0 Å². The molecule has 22 heteroatoms. The van der Waals surface area contributed by atoms with Gasteiger partial charge in [-0.25, -0.2) is 0 Å². The topological polar surface area (TPSA) is 27.7 Å². The lowest BCUT2D eigenvalue weighted by Gasteiger charge is -2.40. The Hall–Kier alpha value is -0.803. The first-order valence-electron chi connectivity index (χ1n) is 11.9. The van der Waals surface area contributed by atoms with Gasteiger partial charge in [-0.15, -0.1) is 0 Å². The van der Waals surface area contributed by atoms with Gasteiger partial charge in [-0.1, -0.05) is 39.5 Å². The number of rotatable bonds is 18. The van der Waals surface area contributed by atoms with Crippen LogP contribution in [0.5, 0.6) is 0 Å². The predicted octanol–water partition coefficient (Wildman–Crippen LogP) is 10.1. The summed E-state index contributed by atoms with van der Waals surface area (Å²) in [5, 5.41) is 0. The van der Waals surface area contributed by atoms with Crippen molar-refractivity contribution in [2.24, 2.45) is 0 Å². The Kier molecular flexibility index (Phi) is 13.8. The quantitative estimate of drug-likeness (QED) is 0.0617. The summed E-state index contributed by atoms with van der Waals surface area (Å²) in [4.78, 5) is 0. The van der Waals surface area contributed by atoms with E-state index in [0.717, 1.165) is 12.8 Å². The zero-order valence-electron chi connectivity index (χ0n) is 21.6. The van der Waals surface area contributed by atoms with E-state index in [9.17, 15) is 74.6 Å². The fourth-order valence-corrected chi connectivity index (χ4v) is 7.89. The fourth-order valence-electron chi connectivity index (χ4n) is 3.18. The van der Waals surface area contributed by atoms with Gasteiger partial charge in [-0.05, 0) is 24.6 Å². The van der Waals surface area contributed by atoms with Crippen molar-refractivity contribution in [2.45, 2.75) is 112 Å². The highest BCUT2D eigenvalue weighted by Gasteiger charge is 2.85. The molecule has 0 N–H and O–H groups in total. The van der Waals surface area contributed by atoms with Gasteiger partial charge in [-0.3, -0.25) is 9.47 Å². The number of hydrogen-bond acceptors (Lipinski definition) is 3. The van der Waals surface area contributed by atoms with E-state index in [-0.39, 0.29) is 12.5 Å². The number of ether oxygens (including phenoxy) is 3. The number of unbranched alkanes of at least 4 members (excludes halogenated alkanes) is 2. The Morgan fingerprint density at radius 3 is 1.33 bits per heavy atom. The van der Waals surface area contributed by atoms with E-state index >= 15 is 0 Å². The predicted molar refractivity (Wildman–Crippen MR) is 114 cm³/mol. The summed E-state index contributed by atoms with van der Waals surface area (Å²) in [5.41, 5.74) is 0. The molecule has 0 heterocycles. The largest absolute Gasteiger partial charge is 0.462 e. The van der Waals surface area contributed by atoms with Crippen LogP contribution in [0.4, 0.5) is 74.6 Å². The maximum absolute atomic E-state index is 14.5. The maximum atomic E-state index is 14.5. The lowest BCUT2D eigenvalue weighted by atomic mass is 10.2. The minimum Gasteiger partial charge on any atom is -0.375 e. The molecule has 0 radical (unpaired) electrons. The molecular formula is C20H26ClF17O3Si. The van der Waals surface area contributed by atoms with E-state index in [0.29, 0.717) is 24.9 Å². The number of hydrogen-bond donors (Lipinski definition) is 0. The molecule has 0 spiro atoms. The maximum Gasteiger partial charge on any atom is 0.462 e. The Balaban J connectivity index is 6.04. The molecule has 0 amide bonds. The second-order valence-corrected chi connectivity index (χ2v) is 15.4. The van der Waals surface area contributed by atoms with Gasteiger partial charge < -0.3 is 4.74 Å². The first-order valence-corrected chi connectivity index (χ1v) is 15.5. The molecule has 0 aromatic rings. The Labute approximate surface area is 233 Å². The standard InChI is InChI=1S/C20H26ClF17O3Si/c1-3-5-9-42(21,10-6-4-2)11-7-8-39-12-13(22,16(26,27)28)40-20(37,38)15(25,18(32,33)34)41-19(35,36)14(23,24)17(29,30)31/h3-12H2,1-2H3. The normalized spacial score (nSPS) is 17.7. The summed E-state index contributed by atoms with van der Waals surface area (Å²) in [6.07, 6.45) is -35.2. The number of halogens is 18. The van der Waals surface area contributed by atoms with Gasteiger partial charge in [-0.2, -0.15) is 85.7 Å². The summed E-state index contributed by atoms with van der Waals surface area (Å²) < 4.78 is 232. The highest BCUT2D eigenvalue weighted by molar-refractivity contribution is 7.20. The summed E-state index contributed by atoms with van der Waals surface area (Å²) in [7, 11) is -2.54. The lowest BCUT2D eigenvalue weighted by Crippen LogP contribution is -2.67. The molecule has 0 saturated heterocycles. The van der Waals surface area contributed by atoms with Gasteiger partial charge in [0.1, 0.15) is 6.61 Å². The average molecular weight is 701 g/mol. The first kappa shape index (κ1) is 41.2. The van der Waals surface area contributed by atoms with Crippen molar-refractivity contribution < 1.29 is 88.8 Å². The fraction of sp³-hybridized carbons (Fsp3) is 1.00. The molecule has 0 aromatic carbocycles. The molecule has 42 heavy (non-hydrogen) atoms. The molecule has 2 unspecified atom stereocenters. The third-order valence-electron chi connectivity index (χ3n) is 5.60. The SMILES string of the molecule is CCCC[Si](Cl)(CCCC)CCCOCC(F)(OC(F)(F)C(F)(OC(F)(F)C(F)(F)C(F)(F)F)C(F)(F)F)C(F)(F)F. The highest BCUT2D eigenvalue weighted by atomic mass is 35.6. The van der Waals surface area contributed by atoms with Crippen molar-refractivity contribution in [3.8, 4) is 0 Å². The van der Waals surface area contributed by atoms with Crippen molar-refractivity contribution in [1.29, 1.82) is 0 Å². The third kappa shape index (κ3) is 9.85. The molecular weight excluding hydrogens is 675 g/mol. The molecule has 0 aliphatic heterocycles. The van der Waals surface area contributed by atoms with E-state index in [1.807, 2.05) is 13.8 Å². The van der Waals surface area contributed by atoms with Crippen LogP contribution in [0.3, 0.4) is 0 Å². The Morgan fingerprint density at radius 1 is 0.548 bits per heavy atom. The van der Waals surface area contributed by atoms with Crippen LogP contribution in [-0.4, -0.2) is 69.0 Å². The highest BCUT2D eigenvalue weighted by Crippen LogP contribution is 2.56. The van der Waals surface area contributed by atoms with Gasteiger partial charge >= 0.3 is 48.4 Å². The van der Waals surface area contributed by atoms with Crippen LogP contribution in [-0.2, 0) is 14.2 Å². The second-order valence-electron chi connectivity index (χ2n) is 9.14.